The Morgan fingerprint density at radius 3 is 2.66 bits per heavy atom. The first-order valence-corrected chi connectivity index (χ1v) is 10.8. The van der Waals surface area contributed by atoms with Crippen LogP contribution in [0.5, 0.6) is 0 Å². The normalized spacial score (nSPS) is 19.0. The number of nitrogens with zero attached hydrogens (tertiary/aromatic N) is 4. The lowest BCUT2D eigenvalue weighted by Gasteiger charge is -2.29. The number of nitriles is 1. The van der Waals surface area contributed by atoms with Crippen molar-refractivity contribution >= 4 is 23.1 Å². The number of hydrogen-bond donors (Lipinski definition) is 1. The van der Waals surface area contributed by atoms with E-state index in [0.717, 1.165) is 36.5 Å². The van der Waals surface area contributed by atoms with Gasteiger partial charge in [0, 0.05) is 48.1 Å². The van der Waals surface area contributed by atoms with Gasteiger partial charge in [-0.1, -0.05) is 24.3 Å². The zero-order chi connectivity index (χ0) is 21.9. The van der Waals surface area contributed by atoms with Crippen molar-refractivity contribution in [2.75, 3.05) is 23.4 Å². The molecule has 2 fully saturated rings. The van der Waals surface area contributed by atoms with Crippen molar-refractivity contribution in [3.8, 4) is 17.3 Å². The van der Waals surface area contributed by atoms with Crippen LogP contribution in [0.3, 0.4) is 0 Å². The van der Waals surface area contributed by atoms with Gasteiger partial charge in [-0.15, -0.1) is 0 Å². The first kappa shape index (κ1) is 20.2. The number of ketones is 1. The number of aromatic nitrogens is 2. The zero-order valence-electron chi connectivity index (χ0n) is 17.6. The van der Waals surface area contributed by atoms with Crippen LogP contribution in [0.2, 0.25) is 0 Å². The van der Waals surface area contributed by atoms with Crippen molar-refractivity contribution in [1.82, 2.24) is 9.97 Å². The van der Waals surface area contributed by atoms with Crippen molar-refractivity contribution in [3.05, 3.63) is 66.4 Å². The van der Waals surface area contributed by atoms with E-state index in [1.54, 1.807) is 18.3 Å². The Balaban J connectivity index is 1.26. The molecule has 5 rings (SSSR count). The van der Waals surface area contributed by atoms with E-state index in [9.17, 15) is 4.79 Å². The summed E-state index contributed by atoms with van der Waals surface area (Å²) in [6.45, 7) is 1.78. The summed E-state index contributed by atoms with van der Waals surface area (Å²) in [4.78, 5) is 23.4. The smallest absolute Gasteiger partial charge is 0.227 e. The lowest BCUT2D eigenvalue weighted by molar-refractivity contribution is 0.0983. The Hall–Kier alpha value is -3.76. The number of Topliss-reactive ketones (excluding diaryl/α,β-unsaturated/α-hetero) is 1. The molecule has 2 aliphatic rings. The topological polar surface area (TPSA) is 91.1 Å². The predicted octanol–water partition coefficient (Wildman–Crippen LogP) is 4.35. The fourth-order valence-electron chi connectivity index (χ4n) is 4.30. The number of carbonyl (C=O) groups is 1. The average molecular weight is 425 g/mol. The minimum atomic E-state index is -0.0270. The van der Waals surface area contributed by atoms with Crippen LogP contribution in [0.1, 0.15) is 29.6 Å². The summed E-state index contributed by atoms with van der Waals surface area (Å²) >= 11 is 0. The summed E-state index contributed by atoms with van der Waals surface area (Å²) in [7, 11) is 0. The molecule has 0 radical (unpaired) electrons. The van der Waals surface area contributed by atoms with Crippen LogP contribution >= 0.6 is 0 Å². The Morgan fingerprint density at radius 1 is 1.16 bits per heavy atom. The molecule has 0 amide bonds. The largest absolute Gasteiger partial charge is 0.374 e. The molecule has 32 heavy (non-hydrogen) atoms. The highest BCUT2D eigenvalue weighted by molar-refractivity contribution is 5.96. The van der Waals surface area contributed by atoms with Gasteiger partial charge in [0.15, 0.2) is 5.78 Å². The Kier molecular flexibility index (Phi) is 5.53. The SMILES string of the molecule is N#CCCC(=O)c1ccc(-c2ccnc(Nc3ccc(N4C[C@@H]5C[C@H]4CO5)cc3)n2)cc1. The molecular formula is C25H23N5O2. The molecule has 7 heteroatoms. The maximum Gasteiger partial charge on any atom is 0.227 e. The van der Waals surface area contributed by atoms with Crippen LogP contribution in [0.25, 0.3) is 11.3 Å². The van der Waals surface area contributed by atoms with Crippen LogP contribution < -0.4 is 10.2 Å². The van der Waals surface area contributed by atoms with E-state index in [2.05, 4.69) is 32.3 Å². The summed E-state index contributed by atoms with van der Waals surface area (Å²) < 4.78 is 5.69. The molecule has 3 aromatic rings. The predicted molar refractivity (Wildman–Crippen MR) is 122 cm³/mol. The van der Waals surface area contributed by atoms with E-state index in [0.29, 0.717) is 23.7 Å². The average Bonchev–Trinajstić information content (AvgIpc) is 3.47. The molecule has 7 nitrogen and oxygen atoms in total. The summed E-state index contributed by atoms with van der Waals surface area (Å²) in [6.07, 6.45) is 3.68. The molecule has 2 saturated heterocycles. The molecule has 2 aromatic carbocycles. The first-order chi connectivity index (χ1) is 15.7. The van der Waals surface area contributed by atoms with Crippen LogP contribution in [-0.4, -0.2) is 41.0 Å². The second-order valence-electron chi connectivity index (χ2n) is 8.09. The third kappa shape index (κ3) is 4.18. The van der Waals surface area contributed by atoms with Crippen LogP contribution in [0, 0.1) is 11.3 Å². The van der Waals surface area contributed by atoms with E-state index in [1.807, 2.05) is 36.4 Å². The minimum Gasteiger partial charge on any atom is -0.374 e. The number of fused-ring (bicyclic) bond motifs is 2. The van der Waals surface area contributed by atoms with E-state index in [-0.39, 0.29) is 18.6 Å². The number of ether oxygens (including phenoxy) is 1. The molecule has 1 N–H and O–H groups in total. The van der Waals surface area contributed by atoms with Gasteiger partial charge in [-0.25, -0.2) is 9.97 Å². The van der Waals surface area contributed by atoms with Gasteiger partial charge in [-0.2, -0.15) is 5.26 Å². The summed E-state index contributed by atoms with van der Waals surface area (Å²) in [5.74, 6) is 0.485. The Morgan fingerprint density at radius 2 is 1.97 bits per heavy atom. The molecule has 0 spiro atoms. The van der Waals surface area contributed by atoms with Crippen LogP contribution in [-0.2, 0) is 4.74 Å². The van der Waals surface area contributed by atoms with Gasteiger partial charge in [0.1, 0.15) is 0 Å². The molecule has 2 aliphatic heterocycles. The van der Waals surface area contributed by atoms with Crippen molar-refractivity contribution in [3.63, 3.8) is 0 Å². The highest BCUT2D eigenvalue weighted by atomic mass is 16.5. The standard InChI is InChI=1S/C25H23N5O2/c26-12-1-2-24(31)18-5-3-17(4-6-18)23-11-13-27-25(29-23)28-19-7-9-20(10-8-19)30-15-22-14-21(30)16-32-22/h3-11,13,21-22H,1-2,14-16H2,(H,27,28,29)/t21-,22-/m0/s1. The van der Waals surface area contributed by atoms with Crippen molar-refractivity contribution < 1.29 is 9.53 Å². The lowest BCUT2D eigenvalue weighted by Crippen LogP contribution is -2.36. The number of anilines is 3. The number of carbonyl (C=O) groups excluding carboxylic acids is 1. The molecule has 1 aromatic heterocycles. The summed E-state index contributed by atoms with van der Waals surface area (Å²) in [5, 5.41) is 11.9. The maximum absolute atomic E-state index is 12.1. The maximum atomic E-state index is 12.1. The van der Waals surface area contributed by atoms with Gasteiger partial charge in [0.05, 0.1) is 30.5 Å². The first-order valence-electron chi connectivity index (χ1n) is 10.8. The van der Waals surface area contributed by atoms with Crippen LogP contribution in [0.4, 0.5) is 17.3 Å². The highest BCUT2D eigenvalue weighted by Gasteiger charge is 2.38. The van der Waals surface area contributed by atoms with Crippen molar-refractivity contribution in [2.45, 2.75) is 31.4 Å². The highest BCUT2D eigenvalue weighted by Crippen LogP contribution is 2.33. The number of nitrogens with one attached hydrogen (secondary N) is 1. The quantitative estimate of drug-likeness (QED) is 0.563. The van der Waals surface area contributed by atoms with E-state index >= 15 is 0 Å². The fourth-order valence-corrected chi connectivity index (χ4v) is 4.30. The number of morpholine rings is 1. The second-order valence-corrected chi connectivity index (χ2v) is 8.09. The van der Waals surface area contributed by atoms with Gasteiger partial charge < -0.3 is 15.0 Å². The molecule has 0 saturated carbocycles. The monoisotopic (exact) mass is 425 g/mol. The molecule has 2 atom stereocenters. The van der Waals surface area contributed by atoms with Gasteiger partial charge in [-0.05, 0) is 36.8 Å². The van der Waals surface area contributed by atoms with Gasteiger partial charge in [-0.3, -0.25) is 4.79 Å². The van der Waals surface area contributed by atoms with E-state index < -0.39 is 0 Å². The van der Waals surface area contributed by atoms with Crippen molar-refractivity contribution in [2.24, 2.45) is 0 Å². The van der Waals surface area contributed by atoms with Crippen LogP contribution in [0.15, 0.2) is 60.8 Å². The molecule has 3 heterocycles. The molecule has 0 aliphatic carbocycles. The minimum absolute atomic E-state index is 0.0270. The number of rotatable bonds is 7. The molecule has 160 valence electrons. The third-order valence-electron chi connectivity index (χ3n) is 5.98. The second kappa shape index (κ2) is 8.77. The van der Waals surface area contributed by atoms with Crippen molar-refractivity contribution in [1.29, 1.82) is 5.26 Å². The van der Waals surface area contributed by atoms with Gasteiger partial charge in [0.25, 0.3) is 0 Å². The molecule has 0 unspecified atom stereocenters. The lowest BCUT2D eigenvalue weighted by atomic mass is 10.0. The fraction of sp³-hybridized carbons (Fsp3) is 0.280. The summed E-state index contributed by atoms with van der Waals surface area (Å²) in [6, 6.07) is 19.9. The number of hydrogen-bond acceptors (Lipinski definition) is 7. The zero-order valence-corrected chi connectivity index (χ0v) is 17.6. The van der Waals surface area contributed by atoms with Gasteiger partial charge in [0.2, 0.25) is 5.95 Å². The third-order valence-corrected chi connectivity index (χ3v) is 5.98. The number of benzene rings is 2. The van der Waals surface area contributed by atoms with E-state index in [1.165, 1.54) is 5.69 Å². The summed E-state index contributed by atoms with van der Waals surface area (Å²) in [5.41, 5.74) is 4.40. The Bertz CT molecular complexity index is 1150. The van der Waals surface area contributed by atoms with Gasteiger partial charge >= 0.3 is 0 Å². The molecular weight excluding hydrogens is 402 g/mol. The Labute approximate surface area is 186 Å². The van der Waals surface area contributed by atoms with E-state index in [4.69, 9.17) is 10.00 Å². The molecule has 2 bridgehead atoms.